The molecule has 0 aromatic carbocycles. The van der Waals surface area contributed by atoms with Gasteiger partial charge in [0.15, 0.2) is 0 Å². The van der Waals surface area contributed by atoms with Crippen molar-refractivity contribution in [3.05, 3.63) is 0 Å². The number of thioether (sulfide) groups is 1. The molecule has 56 valence electrons. The van der Waals surface area contributed by atoms with Crippen molar-refractivity contribution in [3.63, 3.8) is 0 Å². The van der Waals surface area contributed by atoms with Crippen molar-refractivity contribution in [2.45, 2.75) is 0 Å². The lowest BCUT2D eigenvalue weighted by Crippen LogP contribution is -2.15. The van der Waals surface area contributed by atoms with E-state index in [0.717, 1.165) is 24.6 Å². The van der Waals surface area contributed by atoms with E-state index in [1.807, 2.05) is 0 Å². The van der Waals surface area contributed by atoms with Crippen molar-refractivity contribution in [2.24, 2.45) is 0 Å². The molecule has 9 heavy (non-hydrogen) atoms. The van der Waals surface area contributed by atoms with Crippen LogP contribution in [0.5, 0.6) is 0 Å². The first-order valence-electron chi connectivity index (χ1n) is 2.20. The second-order valence-corrected chi connectivity index (χ2v) is 2.53. The summed E-state index contributed by atoms with van der Waals surface area (Å²) < 4.78 is 0. The van der Waals surface area contributed by atoms with E-state index in [1.165, 1.54) is 0 Å². The van der Waals surface area contributed by atoms with Gasteiger partial charge in [-0.25, -0.2) is 0 Å². The fourth-order valence-corrected chi connectivity index (χ4v) is 1.43. The van der Waals surface area contributed by atoms with E-state index >= 15 is 0 Å². The molecule has 0 aromatic heterocycles. The topological polar surface area (TPSA) is 20.3 Å². The summed E-state index contributed by atoms with van der Waals surface area (Å²) in [5.41, 5.74) is 0. The van der Waals surface area contributed by atoms with Crippen molar-refractivity contribution in [1.29, 1.82) is 0 Å². The molecule has 1 aliphatic rings. The van der Waals surface area contributed by atoms with Crippen molar-refractivity contribution in [1.82, 2.24) is 4.90 Å². The SMILES string of the molecule is Br.Br.O=CN1CCSC1. The van der Waals surface area contributed by atoms with E-state index in [0.29, 0.717) is 0 Å². The maximum absolute atomic E-state index is 9.92. The second kappa shape index (κ2) is 6.89. The number of amides is 1. The van der Waals surface area contributed by atoms with E-state index in [-0.39, 0.29) is 34.0 Å². The van der Waals surface area contributed by atoms with Gasteiger partial charge in [-0.05, 0) is 0 Å². The van der Waals surface area contributed by atoms with Crippen LogP contribution in [0, 0.1) is 0 Å². The number of rotatable bonds is 1. The summed E-state index contributed by atoms with van der Waals surface area (Å²) in [6, 6.07) is 0. The van der Waals surface area contributed by atoms with Crippen LogP contribution in [0.25, 0.3) is 0 Å². The lowest BCUT2D eigenvalue weighted by atomic mass is 10.7. The molecule has 2 nitrogen and oxygen atoms in total. The summed E-state index contributed by atoms with van der Waals surface area (Å²) >= 11 is 1.80. The number of hydrogen-bond donors (Lipinski definition) is 0. The summed E-state index contributed by atoms with van der Waals surface area (Å²) in [6.07, 6.45) is 0.903. The highest BCUT2D eigenvalue weighted by Crippen LogP contribution is 2.09. The Labute approximate surface area is 79.9 Å². The fourth-order valence-electron chi connectivity index (χ4n) is 0.511. The van der Waals surface area contributed by atoms with Crippen LogP contribution in [0.1, 0.15) is 0 Å². The van der Waals surface area contributed by atoms with Gasteiger partial charge in [-0.1, -0.05) is 0 Å². The first-order chi connectivity index (χ1) is 3.43. The molecule has 0 aliphatic carbocycles. The van der Waals surface area contributed by atoms with Gasteiger partial charge in [0.25, 0.3) is 0 Å². The van der Waals surface area contributed by atoms with Gasteiger partial charge >= 0.3 is 0 Å². The van der Waals surface area contributed by atoms with Gasteiger partial charge in [0, 0.05) is 12.3 Å². The summed E-state index contributed by atoms with van der Waals surface area (Å²) in [6.45, 7) is 0.939. The van der Waals surface area contributed by atoms with Crippen molar-refractivity contribution < 1.29 is 4.79 Å². The second-order valence-electron chi connectivity index (χ2n) is 1.46. The third-order valence-electron chi connectivity index (χ3n) is 0.929. The van der Waals surface area contributed by atoms with Gasteiger partial charge in [0.05, 0.1) is 5.88 Å². The Morgan fingerprint density at radius 1 is 1.44 bits per heavy atom. The van der Waals surface area contributed by atoms with Crippen molar-refractivity contribution in [3.8, 4) is 0 Å². The monoisotopic (exact) mass is 277 g/mol. The Bertz CT molecular complexity index is 77.0. The van der Waals surface area contributed by atoms with E-state index in [2.05, 4.69) is 0 Å². The molecule has 0 spiro atoms. The van der Waals surface area contributed by atoms with Gasteiger partial charge in [-0.3, -0.25) is 4.79 Å². The minimum atomic E-state index is 0. The molecule has 0 saturated carbocycles. The lowest BCUT2D eigenvalue weighted by Gasteiger charge is -2.01. The normalized spacial score (nSPS) is 15.8. The minimum absolute atomic E-state index is 0. The van der Waals surface area contributed by atoms with Crippen LogP contribution in [-0.4, -0.2) is 29.5 Å². The third kappa shape index (κ3) is 4.22. The summed E-state index contributed by atoms with van der Waals surface area (Å²) in [7, 11) is 0. The molecule has 0 bridgehead atoms. The number of carbonyl (C=O) groups is 1. The molecular formula is C4H9Br2NOS. The highest BCUT2D eigenvalue weighted by Gasteiger charge is 2.06. The average Bonchev–Trinajstić information content (AvgIpc) is 2.14. The molecule has 5 heteroatoms. The quantitative estimate of drug-likeness (QED) is 0.674. The molecule has 0 atom stereocenters. The first-order valence-corrected chi connectivity index (χ1v) is 3.36. The molecule has 0 radical (unpaired) electrons. The Morgan fingerprint density at radius 3 is 2.33 bits per heavy atom. The first kappa shape index (κ1) is 12.5. The Hall–Kier alpha value is 0.780. The molecule has 0 N–H and O–H groups in total. The molecule has 1 heterocycles. The van der Waals surface area contributed by atoms with Crippen LogP contribution in [-0.2, 0) is 4.79 Å². The summed E-state index contributed by atoms with van der Waals surface area (Å²) in [5.74, 6) is 2.00. The van der Waals surface area contributed by atoms with Crippen molar-refractivity contribution >= 4 is 52.1 Å². The molecule has 1 fully saturated rings. The lowest BCUT2D eigenvalue weighted by molar-refractivity contribution is -0.116. The Kier molecular flexibility index (Phi) is 9.54. The van der Waals surface area contributed by atoms with Gasteiger partial charge in [0.1, 0.15) is 0 Å². The highest BCUT2D eigenvalue weighted by atomic mass is 79.9. The number of nitrogens with zero attached hydrogens (tertiary/aromatic N) is 1. The van der Waals surface area contributed by atoms with Gasteiger partial charge < -0.3 is 4.90 Å². The highest BCUT2D eigenvalue weighted by molar-refractivity contribution is 8.93. The van der Waals surface area contributed by atoms with Gasteiger partial charge in [-0.15, -0.1) is 45.7 Å². The molecule has 0 unspecified atom stereocenters. The maximum atomic E-state index is 9.92. The number of halogens is 2. The van der Waals surface area contributed by atoms with Gasteiger partial charge in [0.2, 0.25) is 6.41 Å². The summed E-state index contributed by atoms with van der Waals surface area (Å²) in [5, 5.41) is 0. The van der Waals surface area contributed by atoms with E-state index in [9.17, 15) is 4.79 Å². The van der Waals surface area contributed by atoms with Crippen LogP contribution in [0.15, 0.2) is 0 Å². The van der Waals surface area contributed by atoms with Crippen LogP contribution < -0.4 is 0 Å². The Morgan fingerprint density at radius 2 is 2.11 bits per heavy atom. The zero-order valence-corrected chi connectivity index (χ0v) is 9.02. The largest absolute Gasteiger partial charge is 0.335 e. The number of hydrogen-bond acceptors (Lipinski definition) is 2. The molecule has 1 saturated heterocycles. The van der Waals surface area contributed by atoms with Crippen LogP contribution >= 0.6 is 45.7 Å². The van der Waals surface area contributed by atoms with E-state index in [4.69, 9.17) is 0 Å². The van der Waals surface area contributed by atoms with E-state index in [1.54, 1.807) is 16.7 Å². The zero-order valence-electron chi connectivity index (χ0n) is 4.78. The van der Waals surface area contributed by atoms with E-state index < -0.39 is 0 Å². The van der Waals surface area contributed by atoms with Crippen LogP contribution in [0.2, 0.25) is 0 Å². The van der Waals surface area contributed by atoms with Gasteiger partial charge in [-0.2, -0.15) is 0 Å². The number of carbonyl (C=O) groups excluding carboxylic acids is 1. The molecule has 1 aliphatic heterocycles. The predicted octanol–water partition coefficient (Wildman–Crippen LogP) is 1.30. The minimum Gasteiger partial charge on any atom is -0.335 e. The van der Waals surface area contributed by atoms with Crippen LogP contribution in [0.4, 0.5) is 0 Å². The van der Waals surface area contributed by atoms with Crippen molar-refractivity contribution in [2.75, 3.05) is 18.2 Å². The predicted molar refractivity (Wildman–Crippen MR) is 50.7 cm³/mol. The molecule has 1 rings (SSSR count). The maximum Gasteiger partial charge on any atom is 0.210 e. The summed E-state index contributed by atoms with van der Waals surface area (Å²) in [4.78, 5) is 11.7. The molecule has 1 amide bonds. The Balaban J connectivity index is 0. The van der Waals surface area contributed by atoms with Crippen LogP contribution in [0.3, 0.4) is 0 Å². The molecule has 0 aromatic rings. The standard InChI is InChI=1S/C4H7NOS.2BrH/c6-3-5-1-2-7-4-5;;/h3H,1-2,4H2;2*1H. The zero-order chi connectivity index (χ0) is 5.11. The molecular weight excluding hydrogens is 270 g/mol. The fraction of sp³-hybridized carbons (Fsp3) is 0.750. The third-order valence-corrected chi connectivity index (χ3v) is 1.91. The smallest absolute Gasteiger partial charge is 0.210 e. The average molecular weight is 279 g/mol.